The largest absolute Gasteiger partial charge is 0.481 e. The van der Waals surface area contributed by atoms with Crippen molar-refractivity contribution in [2.24, 2.45) is 26.7 Å². The van der Waals surface area contributed by atoms with Gasteiger partial charge in [0.2, 0.25) is 5.91 Å². The second-order valence-corrected chi connectivity index (χ2v) is 18.2. The molecule has 0 aliphatic heterocycles. The van der Waals surface area contributed by atoms with Crippen LogP contribution in [0.2, 0.25) is 20.1 Å². The summed E-state index contributed by atoms with van der Waals surface area (Å²) in [5.74, 6) is 3.56. The number of anilines is 2. The molecule has 2 aliphatic rings. The Morgan fingerprint density at radius 1 is 0.817 bits per heavy atom. The summed E-state index contributed by atoms with van der Waals surface area (Å²) in [6.45, 7) is 7.76. The van der Waals surface area contributed by atoms with Gasteiger partial charge in [0.25, 0.3) is 0 Å². The van der Waals surface area contributed by atoms with Crippen molar-refractivity contribution in [3.05, 3.63) is 55.5 Å². The van der Waals surface area contributed by atoms with Gasteiger partial charge in [0.1, 0.15) is 14.1 Å². The molecule has 2 aliphatic carbocycles. The van der Waals surface area contributed by atoms with Crippen molar-refractivity contribution in [2.75, 3.05) is 49.9 Å². The molecule has 0 saturated heterocycles. The van der Waals surface area contributed by atoms with Crippen LogP contribution in [0.4, 0.5) is 37.7 Å². The van der Waals surface area contributed by atoms with Crippen molar-refractivity contribution < 1.29 is 41.0 Å². The fraction of sp³-hybridized carbons (Fsp3) is 0.545. The van der Waals surface area contributed by atoms with Crippen molar-refractivity contribution in [3.63, 3.8) is 0 Å². The van der Waals surface area contributed by atoms with Gasteiger partial charge in [-0.2, -0.15) is 26.3 Å². The number of nitrogens with zero attached hydrogens (tertiary/aromatic N) is 3. The molecule has 2 aromatic rings. The SMILES string of the molecule is CC1(C(=O)NNc2c(Cl)cc(C(F)(F)F)cc2Cl)CC1(Cl)Cl.CC1(C(=O)O)CC1(Cl)Cl.CCN=C=NCCCN(C)C.Cl.ClCCl.NNc1c(Cl)cc(C(F)(F)F)cc1Cl. The van der Waals surface area contributed by atoms with Crippen LogP contribution < -0.4 is 22.1 Å². The third-order valence-corrected chi connectivity index (χ3v) is 11.2. The Labute approximate surface area is 399 Å². The van der Waals surface area contributed by atoms with Crippen LogP contribution in [0, 0.1) is 10.8 Å². The molecule has 4 rings (SSSR count). The number of hydrogen-bond acceptors (Lipinski definition) is 8. The molecule has 6 N–H and O–H groups in total. The molecule has 2 saturated carbocycles. The van der Waals surface area contributed by atoms with Gasteiger partial charge in [-0.3, -0.25) is 26.3 Å². The smallest absolute Gasteiger partial charge is 0.416 e. The van der Waals surface area contributed by atoms with Crippen molar-refractivity contribution in [1.82, 2.24) is 10.3 Å². The highest BCUT2D eigenvalue weighted by atomic mass is 35.5. The van der Waals surface area contributed by atoms with E-state index in [0.29, 0.717) is 18.6 Å². The normalized spacial score (nSPS) is 18.9. The van der Waals surface area contributed by atoms with Gasteiger partial charge in [0, 0.05) is 13.0 Å². The van der Waals surface area contributed by atoms with Crippen LogP contribution in [0.15, 0.2) is 34.3 Å². The van der Waals surface area contributed by atoms with E-state index in [9.17, 15) is 35.9 Å². The van der Waals surface area contributed by atoms with Crippen LogP contribution in [0.25, 0.3) is 0 Å². The fourth-order valence-corrected chi connectivity index (χ4v) is 6.48. The monoisotopic (exact) mass is 1080 g/mol. The van der Waals surface area contributed by atoms with Gasteiger partial charge in [-0.25, -0.2) is 9.98 Å². The van der Waals surface area contributed by atoms with Crippen LogP contribution in [0.5, 0.6) is 0 Å². The average molecular weight is 1090 g/mol. The van der Waals surface area contributed by atoms with Crippen molar-refractivity contribution >= 4 is 158 Å². The molecule has 2 fully saturated rings. The maximum absolute atomic E-state index is 12.6. The zero-order valence-corrected chi connectivity index (χ0v) is 40.3. The molecular weight excluding hydrogens is 1050 g/mol. The minimum atomic E-state index is -4.58. The molecule has 0 bridgehead atoms. The Morgan fingerprint density at radius 3 is 1.45 bits per heavy atom. The number of hydrogen-bond donors (Lipinski definition) is 5. The lowest BCUT2D eigenvalue weighted by atomic mass is 10.1. The topological polar surface area (TPSA) is 144 Å². The highest BCUT2D eigenvalue weighted by molar-refractivity contribution is 6.53. The summed E-state index contributed by atoms with van der Waals surface area (Å²) in [6.07, 6.45) is -7.36. The number of carbonyl (C=O) groups is 2. The van der Waals surface area contributed by atoms with E-state index in [0.717, 1.165) is 38.2 Å². The Morgan fingerprint density at radius 2 is 1.18 bits per heavy atom. The van der Waals surface area contributed by atoms with Gasteiger partial charge < -0.3 is 15.4 Å². The summed E-state index contributed by atoms with van der Waals surface area (Å²) in [4.78, 5) is 32.3. The number of benzene rings is 2. The molecule has 0 spiro atoms. The fourth-order valence-electron chi connectivity index (χ4n) is 3.90. The summed E-state index contributed by atoms with van der Waals surface area (Å²) >= 11 is 54.8. The number of amides is 1. The first-order chi connectivity index (χ1) is 26.8. The number of carboxylic acid groups (broad SMARTS) is 1. The molecule has 2 atom stereocenters. The van der Waals surface area contributed by atoms with E-state index in [1.54, 1.807) is 6.92 Å². The molecule has 10 nitrogen and oxygen atoms in total. The molecular formula is C33H40Cl11F6N7O3. The zero-order valence-electron chi connectivity index (χ0n) is 31.9. The lowest BCUT2D eigenvalue weighted by Gasteiger charge is -2.17. The molecule has 27 heteroatoms. The molecule has 0 radical (unpaired) electrons. The number of carbonyl (C=O) groups excluding carboxylic acids is 1. The van der Waals surface area contributed by atoms with Crippen LogP contribution >= 0.6 is 128 Å². The van der Waals surface area contributed by atoms with Crippen molar-refractivity contribution in [1.29, 1.82) is 0 Å². The molecule has 1 amide bonds. The number of aliphatic carboxylic acids is 1. The van der Waals surface area contributed by atoms with Gasteiger partial charge in [0.05, 0.1) is 65.9 Å². The molecule has 2 unspecified atom stereocenters. The highest BCUT2D eigenvalue weighted by Gasteiger charge is 2.69. The summed E-state index contributed by atoms with van der Waals surface area (Å²) in [5, 5.41) is 7.75. The molecule has 60 heavy (non-hydrogen) atoms. The van der Waals surface area contributed by atoms with Gasteiger partial charge in [-0.1, -0.05) is 46.4 Å². The number of nitrogens with one attached hydrogen (secondary N) is 3. The number of aliphatic imine (C=N–C) groups is 2. The molecule has 344 valence electrons. The second kappa shape index (κ2) is 26.1. The minimum absolute atomic E-state index is 0. The Bertz CT molecular complexity index is 1740. The number of alkyl halides is 12. The summed E-state index contributed by atoms with van der Waals surface area (Å²) in [5.41, 5.74) is 3.01. The van der Waals surface area contributed by atoms with Gasteiger partial charge in [-0.05, 0) is 78.5 Å². The van der Waals surface area contributed by atoms with E-state index in [1.807, 2.05) is 6.92 Å². The Balaban J connectivity index is 0. The lowest BCUT2D eigenvalue weighted by Crippen LogP contribution is -2.37. The summed E-state index contributed by atoms with van der Waals surface area (Å²) < 4.78 is 72.3. The number of rotatable bonds is 10. The van der Waals surface area contributed by atoms with Crippen molar-refractivity contribution in [2.45, 2.75) is 61.1 Å². The van der Waals surface area contributed by atoms with E-state index in [4.69, 9.17) is 127 Å². The van der Waals surface area contributed by atoms with E-state index < -0.39 is 54.9 Å². The number of carboxylic acids is 1. The van der Waals surface area contributed by atoms with Gasteiger partial charge in [-0.15, -0.1) is 82.0 Å². The van der Waals surface area contributed by atoms with E-state index in [-0.39, 0.29) is 55.6 Å². The third kappa shape index (κ3) is 19.4. The van der Waals surface area contributed by atoms with Gasteiger partial charge in [0.15, 0.2) is 0 Å². The highest BCUT2D eigenvalue weighted by Crippen LogP contribution is 2.64. The van der Waals surface area contributed by atoms with E-state index in [1.165, 1.54) is 6.92 Å². The van der Waals surface area contributed by atoms with Gasteiger partial charge >= 0.3 is 18.3 Å². The van der Waals surface area contributed by atoms with Crippen LogP contribution in [0.1, 0.15) is 51.2 Å². The molecule has 0 aromatic heterocycles. The third-order valence-electron chi connectivity index (χ3n) is 7.85. The predicted molar refractivity (Wildman–Crippen MR) is 237 cm³/mol. The summed E-state index contributed by atoms with van der Waals surface area (Å²) in [6, 6.07) is 5.55. The number of nitrogen functional groups attached to an aromatic ring is 1. The quantitative estimate of drug-likeness (QED) is 0.0398. The van der Waals surface area contributed by atoms with Crippen LogP contribution in [0.3, 0.4) is 0 Å². The van der Waals surface area contributed by atoms with Crippen molar-refractivity contribution in [3.8, 4) is 0 Å². The number of hydrazine groups is 2. The molecule has 2 aromatic carbocycles. The van der Waals surface area contributed by atoms with E-state index in [2.05, 4.69) is 51.3 Å². The predicted octanol–water partition coefficient (Wildman–Crippen LogP) is 13.0. The average Bonchev–Trinajstić information content (AvgIpc) is 3.85. The van der Waals surface area contributed by atoms with Crippen LogP contribution in [-0.4, -0.2) is 75.6 Å². The Kier molecular flexibility index (Phi) is 26.6. The summed E-state index contributed by atoms with van der Waals surface area (Å²) in [7, 11) is 4.12. The first kappa shape index (κ1) is 61.1. The zero-order chi connectivity index (χ0) is 46.4. The Hall–Kier alpha value is -0.950. The standard InChI is InChI=1S/C12H9Cl4F3N2O.C8H17N3.C7H5Cl2F3N2.C5H6Cl2O2.CH2Cl2.ClH/c1-10(4-11(10,15)16)9(22)21-20-8-6(13)2-5(3-7(8)14)12(17,18)19;1-4-9-8-10-6-5-7-11(2)3;8-4-1-3(7(10,11)12)2-5(9)6(4)14-13;1-4(3(8)9)2-5(4,6)7;2-1-3;/h2-3,20H,4H2,1H3,(H,21,22);4-7H2,1-3H3;1-2,14H,13H2;2H2,1H3,(H,8,9);1H2;1H. The number of nitrogens with two attached hydrogens (primary N) is 1. The maximum Gasteiger partial charge on any atom is 0.416 e. The second-order valence-electron chi connectivity index (χ2n) is 12.8. The minimum Gasteiger partial charge on any atom is -0.481 e. The number of halogens is 17. The maximum atomic E-state index is 12.6. The first-order valence-corrected chi connectivity index (χ1v) is 20.4. The van der Waals surface area contributed by atoms with Crippen LogP contribution in [-0.2, 0) is 21.9 Å². The lowest BCUT2D eigenvalue weighted by molar-refractivity contribution is -0.142. The van der Waals surface area contributed by atoms with E-state index >= 15 is 0 Å². The first-order valence-electron chi connectivity index (χ1n) is 16.3. The molecule has 0 heterocycles.